The van der Waals surface area contributed by atoms with E-state index in [1.165, 1.54) is 0 Å². The highest BCUT2D eigenvalue weighted by Gasteiger charge is 2.20. The summed E-state index contributed by atoms with van der Waals surface area (Å²) in [5, 5.41) is 3.72. The first kappa shape index (κ1) is 10.4. The molecule has 1 N–H and O–H groups in total. The molecule has 1 heterocycles. The molecule has 15 heavy (non-hydrogen) atoms. The van der Waals surface area contributed by atoms with Crippen molar-refractivity contribution in [3.8, 4) is 0 Å². The maximum absolute atomic E-state index is 11.1. The molecule has 1 amide bonds. The van der Waals surface area contributed by atoms with Crippen molar-refractivity contribution in [2.24, 2.45) is 0 Å². The van der Waals surface area contributed by atoms with E-state index in [9.17, 15) is 4.79 Å². The Morgan fingerprint density at radius 2 is 2.27 bits per heavy atom. The van der Waals surface area contributed by atoms with Crippen molar-refractivity contribution < 1.29 is 4.79 Å². The Hall–Kier alpha value is -1.13. The molecule has 1 aliphatic rings. The fraction of sp³-hybridized carbons (Fsp3) is 0.200. The summed E-state index contributed by atoms with van der Waals surface area (Å²) in [6, 6.07) is 7.40. The second kappa shape index (κ2) is 4.16. The van der Waals surface area contributed by atoms with Crippen molar-refractivity contribution in [1.82, 2.24) is 5.32 Å². The summed E-state index contributed by atoms with van der Waals surface area (Å²) in [7, 11) is 0. The fourth-order valence-electron chi connectivity index (χ4n) is 1.45. The van der Waals surface area contributed by atoms with Gasteiger partial charge in [-0.05, 0) is 30.4 Å². The Morgan fingerprint density at radius 3 is 2.93 bits per heavy atom. The number of carbonyl (C=O) groups excluding carboxylic acids is 1. The number of rotatable bonds is 1. The van der Waals surface area contributed by atoms with E-state index in [0.29, 0.717) is 23.1 Å². The molecule has 1 aromatic carbocycles. The lowest BCUT2D eigenvalue weighted by Crippen LogP contribution is -2.49. The van der Waals surface area contributed by atoms with Gasteiger partial charge in [0.2, 0.25) is 5.91 Å². The van der Waals surface area contributed by atoms with Gasteiger partial charge in [0.05, 0.1) is 0 Å². The molecular weight excluding hydrogens is 232 g/mol. The number of halogens is 1. The zero-order valence-electron chi connectivity index (χ0n) is 7.87. The Morgan fingerprint density at radius 1 is 1.47 bits per heavy atom. The Balaban J connectivity index is 2.24. The summed E-state index contributed by atoms with van der Waals surface area (Å²) >= 11 is 11.0. The van der Waals surface area contributed by atoms with Gasteiger partial charge in [-0.3, -0.25) is 4.79 Å². The monoisotopic (exact) mass is 240 g/mol. The number of amides is 1. The average molecular weight is 241 g/mol. The van der Waals surface area contributed by atoms with Crippen LogP contribution in [-0.2, 0) is 4.79 Å². The van der Waals surface area contributed by atoms with E-state index in [-0.39, 0.29) is 5.91 Å². The summed E-state index contributed by atoms with van der Waals surface area (Å²) in [5.41, 5.74) is 0.910. The zero-order valence-corrected chi connectivity index (χ0v) is 9.44. The van der Waals surface area contributed by atoms with Crippen LogP contribution in [0, 0.1) is 0 Å². The van der Waals surface area contributed by atoms with Gasteiger partial charge >= 0.3 is 0 Å². The lowest BCUT2D eigenvalue weighted by atomic mass is 10.2. The third-order valence-corrected chi connectivity index (χ3v) is 2.73. The normalized spacial score (nSPS) is 16.5. The SMILES string of the molecule is O=C1CCN(c2cccc(Cl)c2)C(=S)N1. The van der Waals surface area contributed by atoms with E-state index in [2.05, 4.69) is 5.32 Å². The van der Waals surface area contributed by atoms with Gasteiger partial charge in [-0.15, -0.1) is 0 Å². The minimum Gasteiger partial charge on any atom is -0.318 e. The average Bonchev–Trinajstić information content (AvgIpc) is 2.17. The van der Waals surface area contributed by atoms with Crippen molar-refractivity contribution in [2.75, 3.05) is 11.4 Å². The van der Waals surface area contributed by atoms with Crippen molar-refractivity contribution in [2.45, 2.75) is 6.42 Å². The van der Waals surface area contributed by atoms with Crippen LogP contribution in [0.2, 0.25) is 5.02 Å². The van der Waals surface area contributed by atoms with E-state index < -0.39 is 0 Å². The van der Waals surface area contributed by atoms with Crippen molar-refractivity contribution >= 4 is 40.5 Å². The molecule has 0 spiro atoms. The number of nitrogens with one attached hydrogen (secondary N) is 1. The van der Waals surface area contributed by atoms with Crippen LogP contribution in [0.3, 0.4) is 0 Å². The summed E-state index contributed by atoms with van der Waals surface area (Å²) in [4.78, 5) is 12.9. The molecule has 78 valence electrons. The molecule has 0 atom stereocenters. The quantitative estimate of drug-likeness (QED) is 0.762. The Bertz CT molecular complexity index is 422. The van der Waals surface area contributed by atoms with Crippen LogP contribution in [0.5, 0.6) is 0 Å². The number of thiocarbonyl (C=S) groups is 1. The first-order valence-corrected chi connectivity index (χ1v) is 5.32. The smallest absolute Gasteiger partial charge is 0.227 e. The van der Waals surface area contributed by atoms with Crippen LogP contribution in [-0.4, -0.2) is 17.6 Å². The highest BCUT2D eigenvalue weighted by Crippen LogP contribution is 2.21. The van der Waals surface area contributed by atoms with Gasteiger partial charge in [-0.2, -0.15) is 0 Å². The largest absolute Gasteiger partial charge is 0.318 e. The maximum atomic E-state index is 11.1. The predicted molar refractivity (Wildman–Crippen MR) is 64.2 cm³/mol. The summed E-state index contributed by atoms with van der Waals surface area (Å²) in [6.07, 6.45) is 0.451. The van der Waals surface area contributed by atoms with Gasteiger partial charge in [0.15, 0.2) is 5.11 Å². The van der Waals surface area contributed by atoms with Crippen molar-refractivity contribution in [3.63, 3.8) is 0 Å². The van der Waals surface area contributed by atoms with E-state index >= 15 is 0 Å². The zero-order chi connectivity index (χ0) is 10.8. The molecule has 1 saturated heterocycles. The lowest BCUT2D eigenvalue weighted by Gasteiger charge is -2.29. The Kier molecular flexibility index (Phi) is 2.88. The molecule has 1 fully saturated rings. The number of nitrogens with zero attached hydrogens (tertiary/aromatic N) is 1. The molecule has 3 nitrogen and oxygen atoms in total. The molecule has 2 rings (SSSR count). The van der Waals surface area contributed by atoms with Crippen LogP contribution < -0.4 is 10.2 Å². The third-order valence-electron chi connectivity index (χ3n) is 2.17. The number of anilines is 1. The van der Waals surface area contributed by atoms with Gasteiger partial charge in [0, 0.05) is 23.7 Å². The van der Waals surface area contributed by atoms with Crippen LogP contribution in [0.1, 0.15) is 6.42 Å². The minimum absolute atomic E-state index is 0.0294. The number of carbonyl (C=O) groups is 1. The molecule has 0 unspecified atom stereocenters. The van der Waals surface area contributed by atoms with Crippen LogP contribution in [0.25, 0.3) is 0 Å². The highest BCUT2D eigenvalue weighted by atomic mass is 35.5. The van der Waals surface area contributed by atoms with Gasteiger partial charge in [0.25, 0.3) is 0 Å². The lowest BCUT2D eigenvalue weighted by molar-refractivity contribution is -0.119. The van der Waals surface area contributed by atoms with E-state index in [1.54, 1.807) is 6.07 Å². The topological polar surface area (TPSA) is 32.3 Å². The van der Waals surface area contributed by atoms with Crippen molar-refractivity contribution in [1.29, 1.82) is 0 Å². The van der Waals surface area contributed by atoms with Gasteiger partial charge < -0.3 is 10.2 Å². The number of benzene rings is 1. The fourth-order valence-corrected chi connectivity index (χ4v) is 1.95. The molecular formula is C10H9ClN2OS. The van der Waals surface area contributed by atoms with Crippen LogP contribution >= 0.6 is 23.8 Å². The second-order valence-corrected chi connectivity index (χ2v) is 4.06. The molecule has 0 aliphatic carbocycles. The summed E-state index contributed by atoms with van der Waals surface area (Å²) in [5.74, 6) is -0.0294. The van der Waals surface area contributed by atoms with Gasteiger partial charge in [-0.25, -0.2) is 0 Å². The third kappa shape index (κ3) is 2.27. The molecule has 0 aromatic heterocycles. The highest BCUT2D eigenvalue weighted by molar-refractivity contribution is 7.80. The van der Waals surface area contributed by atoms with E-state index in [0.717, 1.165) is 5.69 Å². The first-order chi connectivity index (χ1) is 7.16. The summed E-state index contributed by atoms with van der Waals surface area (Å²) < 4.78 is 0. The maximum Gasteiger partial charge on any atom is 0.227 e. The van der Waals surface area contributed by atoms with E-state index in [1.807, 2.05) is 23.1 Å². The molecule has 0 radical (unpaired) electrons. The van der Waals surface area contributed by atoms with Gasteiger partial charge in [-0.1, -0.05) is 17.7 Å². The predicted octanol–water partition coefficient (Wildman–Crippen LogP) is 1.95. The van der Waals surface area contributed by atoms with Gasteiger partial charge in [0.1, 0.15) is 0 Å². The second-order valence-electron chi connectivity index (χ2n) is 3.23. The first-order valence-electron chi connectivity index (χ1n) is 4.54. The molecule has 0 bridgehead atoms. The summed E-state index contributed by atoms with van der Waals surface area (Å²) in [6.45, 7) is 0.602. The van der Waals surface area contributed by atoms with Crippen LogP contribution in [0.4, 0.5) is 5.69 Å². The number of hydrogen-bond acceptors (Lipinski definition) is 2. The molecule has 0 saturated carbocycles. The van der Waals surface area contributed by atoms with Crippen LogP contribution in [0.15, 0.2) is 24.3 Å². The Labute approximate surface area is 98.0 Å². The molecule has 1 aliphatic heterocycles. The number of hydrogen-bond donors (Lipinski definition) is 1. The minimum atomic E-state index is -0.0294. The molecule has 5 heteroatoms. The standard InChI is InChI=1S/C10H9ClN2OS/c11-7-2-1-3-8(6-7)13-5-4-9(14)12-10(13)15/h1-3,6H,4-5H2,(H,12,14,15). The molecule has 1 aromatic rings. The van der Waals surface area contributed by atoms with Crippen molar-refractivity contribution in [3.05, 3.63) is 29.3 Å². The van der Waals surface area contributed by atoms with E-state index in [4.69, 9.17) is 23.8 Å².